The number of alkyl halides is 2. The van der Waals surface area contributed by atoms with E-state index in [4.69, 9.17) is 0 Å². The van der Waals surface area contributed by atoms with Gasteiger partial charge in [0.15, 0.2) is 11.5 Å². The highest BCUT2D eigenvalue weighted by Crippen LogP contribution is 2.42. The van der Waals surface area contributed by atoms with Crippen LogP contribution >= 0.6 is 0 Å². The molecule has 0 spiro atoms. The summed E-state index contributed by atoms with van der Waals surface area (Å²) in [5.41, 5.74) is 0.218. The number of carbonyl (C=O) groups excluding carboxylic acids is 1. The highest BCUT2D eigenvalue weighted by Gasteiger charge is 2.43. The van der Waals surface area contributed by atoms with Crippen molar-refractivity contribution in [3.8, 4) is 11.5 Å². The van der Waals surface area contributed by atoms with E-state index < -0.39 is 6.29 Å². The minimum atomic E-state index is -3.64. The van der Waals surface area contributed by atoms with Crippen LogP contribution < -0.4 is 20.1 Å². The Morgan fingerprint density at radius 3 is 2.62 bits per heavy atom. The summed E-state index contributed by atoms with van der Waals surface area (Å²) in [7, 11) is 0. The summed E-state index contributed by atoms with van der Waals surface area (Å²) in [6.07, 6.45) is -2.83. The molecular formula is C14H18F2N2O3. The van der Waals surface area contributed by atoms with Gasteiger partial charge in [-0.1, -0.05) is 6.92 Å². The predicted octanol–water partition coefficient (Wildman–Crippen LogP) is 2.72. The van der Waals surface area contributed by atoms with Gasteiger partial charge < -0.3 is 20.1 Å². The number of halogens is 2. The molecule has 0 atom stereocenters. The summed E-state index contributed by atoms with van der Waals surface area (Å²) in [5.74, 6) is -0.258. The van der Waals surface area contributed by atoms with Crippen LogP contribution in [0.3, 0.4) is 0 Å². The molecule has 1 aliphatic rings. The molecule has 2 N–H and O–H groups in total. The molecule has 1 aromatic carbocycles. The summed E-state index contributed by atoms with van der Waals surface area (Å²) >= 11 is 0. The minimum Gasteiger partial charge on any atom is -0.395 e. The van der Waals surface area contributed by atoms with E-state index in [1.54, 1.807) is 6.07 Å². The van der Waals surface area contributed by atoms with Gasteiger partial charge in [0.05, 0.1) is 6.54 Å². The van der Waals surface area contributed by atoms with Crippen LogP contribution in [0.15, 0.2) is 18.2 Å². The molecule has 0 radical (unpaired) electrons. The molecule has 0 saturated heterocycles. The molecule has 5 nitrogen and oxygen atoms in total. The summed E-state index contributed by atoms with van der Waals surface area (Å²) in [6.45, 7) is 5.87. The first-order chi connectivity index (χ1) is 9.71. The van der Waals surface area contributed by atoms with Crippen molar-refractivity contribution >= 4 is 11.6 Å². The normalized spacial score (nSPS) is 15.7. The van der Waals surface area contributed by atoms with E-state index in [2.05, 4.69) is 20.1 Å². The van der Waals surface area contributed by atoms with Crippen molar-refractivity contribution in [2.75, 3.05) is 11.9 Å². The average molecular weight is 300 g/mol. The van der Waals surface area contributed by atoms with Crippen molar-refractivity contribution in [1.29, 1.82) is 0 Å². The molecule has 0 saturated carbocycles. The van der Waals surface area contributed by atoms with Gasteiger partial charge in [0.2, 0.25) is 5.91 Å². The van der Waals surface area contributed by atoms with Gasteiger partial charge in [0.1, 0.15) is 0 Å². The van der Waals surface area contributed by atoms with Gasteiger partial charge in [-0.15, -0.1) is 8.78 Å². The first-order valence-corrected chi connectivity index (χ1v) is 6.65. The molecule has 1 heterocycles. The fraction of sp³-hybridized carbons (Fsp3) is 0.500. The van der Waals surface area contributed by atoms with E-state index in [0.29, 0.717) is 5.69 Å². The number of hydrogen-bond donors (Lipinski definition) is 2. The summed E-state index contributed by atoms with van der Waals surface area (Å²) in [6, 6.07) is 4.28. The van der Waals surface area contributed by atoms with Gasteiger partial charge in [-0.2, -0.15) is 0 Å². The van der Waals surface area contributed by atoms with Gasteiger partial charge in [-0.05, 0) is 32.4 Å². The van der Waals surface area contributed by atoms with E-state index in [1.165, 1.54) is 12.1 Å². The molecule has 21 heavy (non-hydrogen) atoms. The minimum absolute atomic E-state index is 0.0258. The quantitative estimate of drug-likeness (QED) is 0.878. The molecule has 2 rings (SSSR count). The Hall–Kier alpha value is -2.05. The molecule has 1 aromatic rings. The Balaban J connectivity index is 1.92. The SMILES string of the molecule is CCC(C)(C)NC(=O)CNc1ccc2c(c1)OC(F)(F)O2. The van der Waals surface area contributed by atoms with Crippen molar-refractivity contribution in [2.24, 2.45) is 0 Å². The Morgan fingerprint density at radius 1 is 1.29 bits per heavy atom. The van der Waals surface area contributed by atoms with Gasteiger partial charge in [0.25, 0.3) is 0 Å². The van der Waals surface area contributed by atoms with Gasteiger partial charge in [0, 0.05) is 17.3 Å². The van der Waals surface area contributed by atoms with Crippen LogP contribution in [-0.2, 0) is 4.79 Å². The summed E-state index contributed by atoms with van der Waals surface area (Å²) in [4.78, 5) is 11.8. The van der Waals surface area contributed by atoms with Crippen molar-refractivity contribution < 1.29 is 23.0 Å². The third-order valence-corrected chi connectivity index (χ3v) is 3.22. The predicted molar refractivity (Wildman–Crippen MR) is 73.6 cm³/mol. The van der Waals surface area contributed by atoms with Crippen LogP contribution in [0.5, 0.6) is 11.5 Å². The monoisotopic (exact) mass is 300 g/mol. The molecule has 0 fully saturated rings. The second kappa shape index (κ2) is 5.38. The average Bonchev–Trinajstić information content (AvgIpc) is 2.69. The van der Waals surface area contributed by atoms with E-state index in [0.717, 1.165) is 6.42 Å². The highest BCUT2D eigenvalue weighted by atomic mass is 19.3. The van der Waals surface area contributed by atoms with Gasteiger partial charge in [-0.3, -0.25) is 4.79 Å². The smallest absolute Gasteiger partial charge is 0.395 e. The molecule has 0 aromatic heterocycles. The number of carbonyl (C=O) groups is 1. The molecule has 116 valence electrons. The van der Waals surface area contributed by atoms with E-state index in [-0.39, 0.29) is 29.5 Å². The van der Waals surface area contributed by atoms with Gasteiger partial charge in [-0.25, -0.2) is 0 Å². The molecule has 0 bridgehead atoms. The maximum Gasteiger partial charge on any atom is 0.586 e. The van der Waals surface area contributed by atoms with Crippen LogP contribution in [0.4, 0.5) is 14.5 Å². The van der Waals surface area contributed by atoms with E-state index in [1.807, 2.05) is 20.8 Å². The molecular weight excluding hydrogens is 282 g/mol. The zero-order valence-electron chi connectivity index (χ0n) is 12.1. The maximum absolute atomic E-state index is 12.9. The second-order valence-corrected chi connectivity index (χ2v) is 5.47. The van der Waals surface area contributed by atoms with Crippen molar-refractivity contribution in [3.63, 3.8) is 0 Å². The van der Waals surface area contributed by atoms with Crippen molar-refractivity contribution in [3.05, 3.63) is 18.2 Å². The van der Waals surface area contributed by atoms with Crippen molar-refractivity contribution in [2.45, 2.75) is 39.0 Å². The third kappa shape index (κ3) is 3.96. The van der Waals surface area contributed by atoms with Gasteiger partial charge >= 0.3 is 6.29 Å². The number of amides is 1. The van der Waals surface area contributed by atoms with Crippen molar-refractivity contribution in [1.82, 2.24) is 5.32 Å². The topological polar surface area (TPSA) is 59.6 Å². The maximum atomic E-state index is 12.9. The summed E-state index contributed by atoms with van der Waals surface area (Å²) in [5, 5.41) is 5.72. The number of hydrogen-bond acceptors (Lipinski definition) is 4. The van der Waals surface area contributed by atoms with E-state index >= 15 is 0 Å². The first kappa shape index (κ1) is 15.3. The van der Waals surface area contributed by atoms with Crippen LogP contribution in [0, 0.1) is 0 Å². The molecule has 1 aliphatic heterocycles. The molecule has 7 heteroatoms. The lowest BCUT2D eigenvalue weighted by Gasteiger charge is -2.24. The number of rotatable bonds is 5. The zero-order valence-corrected chi connectivity index (χ0v) is 12.1. The largest absolute Gasteiger partial charge is 0.586 e. The third-order valence-electron chi connectivity index (χ3n) is 3.22. The lowest BCUT2D eigenvalue weighted by Crippen LogP contribution is -2.45. The van der Waals surface area contributed by atoms with Crippen LogP contribution in [-0.4, -0.2) is 24.3 Å². The fourth-order valence-electron chi connectivity index (χ4n) is 1.75. The number of nitrogens with one attached hydrogen (secondary N) is 2. The summed E-state index contributed by atoms with van der Waals surface area (Å²) < 4.78 is 34.4. The first-order valence-electron chi connectivity index (χ1n) is 6.65. The lowest BCUT2D eigenvalue weighted by molar-refractivity contribution is -0.286. The van der Waals surface area contributed by atoms with E-state index in [9.17, 15) is 13.6 Å². The second-order valence-electron chi connectivity index (χ2n) is 5.47. The van der Waals surface area contributed by atoms with Crippen LogP contribution in [0.2, 0.25) is 0 Å². The van der Waals surface area contributed by atoms with Crippen LogP contribution in [0.25, 0.3) is 0 Å². The number of anilines is 1. The van der Waals surface area contributed by atoms with Crippen LogP contribution in [0.1, 0.15) is 27.2 Å². The Kier molecular flexibility index (Phi) is 3.93. The Morgan fingerprint density at radius 2 is 1.95 bits per heavy atom. The number of benzene rings is 1. The fourth-order valence-corrected chi connectivity index (χ4v) is 1.75. The number of fused-ring (bicyclic) bond motifs is 1. The molecule has 1 amide bonds. The molecule has 0 aliphatic carbocycles. The lowest BCUT2D eigenvalue weighted by atomic mass is 10.0. The zero-order chi connectivity index (χ0) is 15.7. The molecule has 0 unspecified atom stereocenters. The Bertz CT molecular complexity index is 547. The highest BCUT2D eigenvalue weighted by molar-refractivity contribution is 5.81. The standard InChI is InChI=1S/C14H18F2N2O3/c1-4-13(2,3)18-12(19)8-17-9-5-6-10-11(7-9)21-14(15,16)20-10/h5-7,17H,4,8H2,1-3H3,(H,18,19). The number of ether oxygens (including phenoxy) is 2. The Labute approximate surface area is 121 Å².